The summed E-state index contributed by atoms with van der Waals surface area (Å²) in [6.07, 6.45) is 0.529. The van der Waals surface area contributed by atoms with Crippen LogP contribution in [0, 0.1) is 17.0 Å². The molecule has 0 aliphatic rings. The highest BCUT2D eigenvalue weighted by Gasteiger charge is 2.16. The molecule has 0 amide bonds. The lowest BCUT2D eigenvalue weighted by molar-refractivity contribution is -0.757. The molecule has 0 aromatic carbocycles. The zero-order chi connectivity index (χ0) is 13.8. The molecule has 102 valence electrons. The molecule has 2 aromatic rings. The SMILES string of the molecule is Cc1nc(C(C)c2cccs2)sc1CCO[N+](=O)[O-]. The Labute approximate surface area is 119 Å². The van der Waals surface area contributed by atoms with Gasteiger partial charge in [0.15, 0.2) is 0 Å². The van der Waals surface area contributed by atoms with E-state index < -0.39 is 5.09 Å². The molecule has 0 saturated carbocycles. The zero-order valence-electron chi connectivity index (χ0n) is 10.7. The minimum Gasteiger partial charge on any atom is -0.314 e. The zero-order valence-corrected chi connectivity index (χ0v) is 12.3. The standard InChI is InChI=1S/C12H14N2O3S2/c1-8(10-4-3-7-18-10)12-13-9(2)11(19-12)5-6-17-14(15)16/h3-4,7-8H,5-6H2,1-2H3. The van der Waals surface area contributed by atoms with E-state index in [2.05, 4.69) is 28.2 Å². The van der Waals surface area contributed by atoms with E-state index in [1.165, 1.54) is 4.88 Å². The molecule has 5 nitrogen and oxygen atoms in total. The highest BCUT2D eigenvalue weighted by molar-refractivity contribution is 7.12. The number of thiazole rings is 1. The fraction of sp³-hybridized carbons (Fsp3) is 0.417. The number of thiophene rings is 1. The van der Waals surface area contributed by atoms with Gasteiger partial charge in [0.2, 0.25) is 0 Å². The minimum atomic E-state index is -0.758. The van der Waals surface area contributed by atoms with Crippen molar-refractivity contribution in [2.45, 2.75) is 26.2 Å². The lowest BCUT2D eigenvalue weighted by Crippen LogP contribution is -2.04. The van der Waals surface area contributed by atoms with Crippen molar-refractivity contribution in [3.05, 3.63) is 48.1 Å². The molecule has 2 aromatic heterocycles. The van der Waals surface area contributed by atoms with Gasteiger partial charge in [0.1, 0.15) is 11.6 Å². The number of hydrogen-bond acceptors (Lipinski definition) is 6. The van der Waals surface area contributed by atoms with Crippen molar-refractivity contribution in [1.29, 1.82) is 0 Å². The summed E-state index contributed by atoms with van der Waals surface area (Å²) in [5, 5.41) is 12.5. The molecule has 0 aliphatic heterocycles. The Balaban J connectivity index is 2.06. The van der Waals surface area contributed by atoms with Crippen LogP contribution in [0.15, 0.2) is 17.5 Å². The molecule has 0 fully saturated rings. The summed E-state index contributed by atoms with van der Waals surface area (Å²) >= 11 is 3.33. The molecule has 1 atom stereocenters. The monoisotopic (exact) mass is 298 g/mol. The molecular formula is C12H14N2O3S2. The fourth-order valence-electron chi connectivity index (χ4n) is 1.74. The summed E-state index contributed by atoms with van der Waals surface area (Å²) in [5.41, 5.74) is 0.940. The smallest absolute Gasteiger partial charge is 0.294 e. The van der Waals surface area contributed by atoms with Crippen LogP contribution in [0.5, 0.6) is 0 Å². The van der Waals surface area contributed by atoms with E-state index in [4.69, 9.17) is 0 Å². The van der Waals surface area contributed by atoms with Gasteiger partial charge in [-0.15, -0.1) is 32.8 Å². The summed E-state index contributed by atoms with van der Waals surface area (Å²) < 4.78 is 0. The first-order valence-corrected chi connectivity index (χ1v) is 7.54. The average Bonchev–Trinajstić information content (AvgIpc) is 2.98. The van der Waals surface area contributed by atoms with Crippen LogP contribution in [-0.4, -0.2) is 16.7 Å². The van der Waals surface area contributed by atoms with E-state index in [0.717, 1.165) is 15.6 Å². The maximum absolute atomic E-state index is 10.1. The molecule has 0 bridgehead atoms. The maximum atomic E-state index is 10.1. The van der Waals surface area contributed by atoms with Crippen molar-refractivity contribution in [2.75, 3.05) is 6.61 Å². The molecule has 0 aliphatic carbocycles. The van der Waals surface area contributed by atoms with Gasteiger partial charge in [0.25, 0.3) is 5.09 Å². The first kappa shape index (κ1) is 14.0. The Morgan fingerprint density at radius 1 is 1.58 bits per heavy atom. The molecule has 1 unspecified atom stereocenters. The van der Waals surface area contributed by atoms with E-state index in [1.807, 2.05) is 13.0 Å². The lowest BCUT2D eigenvalue weighted by Gasteiger charge is -2.03. The first-order chi connectivity index (χ1) is 9.08. The molecule has 19 heavy (non-hydrogen) atoms. The van der Waals surface area contributed by atoms with Crippen LogP contribution in [-0.2, 0) is 11.3 Å². The van der Waals surface area contributed by atoms with Crippen molar-refractivity contribution in [1.82, 2.24) is 4.98 Å². The predicted molar refractivity (Wildman–Crippen MR) is 75.3 cm³/mol. The van der Waals surface area contributed by atoms with E-state index in [0.29, 0.717) is 6.42 Å². The molecule has 0 radical (unpaired) electrons. The predicted octanol–water partition coefficient (Wildman–Crippen LogP) is 3.42. The van der Waals surface area contributed by atoms with Crippen LogP contribution >= 0.6 is 22.7 Å². The summed E-state index contributed by atoms with van der Waals surface area (Å²) in [6.45, 7) is 4.15. The van der Waals surface area contributed by atoms with Gasteiger partial charge >= 0.3 is 0 Å². The van der Waals surface area contributed by atoms with Gasteiger partial charge in [-0.1, -0.05) is 13.0 Å². The lowest BCUT2D eigenvalue weighted by atomic mass is 10.1. The van der Waals surface area contributed by atoms with Crippen molar-refractivity contribution < 1.29 is 9.92 Å². The Hall–Kier alpha value is -1.47. The number of hydrogen-bond donors (Lipinski definition) is 0. The van der Waals surface area contributed by atoms with Crippen LogP contribution in [0.2, 0.25) is 0 Å². The Kier molecular flexibility index (Phi) is 4.49. The van der Waals surface area contributed by atoms with Crippen LogP contribution in [0.4, 0.5) is 0 Å². The molecule has 7 heteroatoms. The van der Waals surface area contributed by atoms with E-state index in [-0.39, 0.29) is 12.5 Å². The van der Waals surface area contributed by atoms with Gasteiger partial charge in [0, 0.05) is 22.1 Å². The first-order valence-electron chi connectivity index (χ1n) is 5.85. The third-order valence-electron chi connectivity index (χ3n) is 2.78. The van der Waals surface area contributed by atoms with E-state index >= 15 is 0 Å². The van der Waals surface area contributed by atoms with Crippen molar-refractivity contribution in [3.63, 3.8) is 0 Å². The van der Waals surface area contributed by atoms with Crippen molar-refractivity contribution in [3.8, 4) is 0 Å². The number of rotatable bonds is 6. The third-order valence-corrected chi connectivity index (χ3v) is 5.23. The van der Waals surface area contributed by atoms with Crippen LogP contribution in [0.25, 0.3) is 0 Å². The Morgan fingerprint density at radius 3 is 3.00 bits per heavy atom. The van der Waals surface area contributed by atoms with Crippen molar-refractivity contribution >= 4 is 22.7 Å². The molecular weight excluding hydrogens is 284 g/mol. The normalized spacial score (nSPS) is 12.3. The van der Waals surface area contributed by atoms with Gasteiger partial charge in [-0.3, -0.25) is 0 Å². The molecule has 0 N–H and O–H groups in total. The number of nitrogens with zero attached hydrogens (tertiary/aromatic N) is 2. The molecule has 0 saturated heterocycles. The number of aryl methyl sites for hydroxylation is 1. The van der Waals surface area contributed by atoms with Crippen LogP contribution < -0.4 is 0 Å². The van der Waals surface area contributed by atoms with Crippen molar-refractivity contribution in [2.24, 2.45) is 0 Å². The second-order valence-corrected chi connectivity index (χ2v) is 6.20. The van der Waals surface area contributed by atoms with Gasteiger partial charge in [-0.2, -0.15) is 0 Å². The summed E-state index contributed by atoms with van der Waals surface area (Å²) in [4.78, 5) is 21.4. The van der Waals surface area contributed by atoms with Gasteiger partial charge in [-0.25, -0.2) is 4.98 Å². The third kappa shape index (κ3) is 3.51. The fourth-order valence-corrected chi connectivity index (χ4v) is 3.72. The topological polar surface area (TPSA) is 65.3 Å². The summed E-state index contributed by atoms with van der Waals surface area (Å²) in [5.74, 6) is 0.272. The van der Waals surface area contributed by atoms with Gasteiger partial charge in [0.05, 0.1) is 5.69 Å². The van der Waals surface area contributed by atoms with E-state index in [9.17, 15) is 10.1 Å². The Morgan fingerprint density at radius 2 is 2.37 bits per heavy atom. The molecule has 2 rings (SSSR count). The number of aromatic nitrogens is 1. The second kappa shape index (κ2) is 6.12. The average molecular weight is 298 g/mol. The van der Waals surface area contributed by atoms with E-state index in [1.54, 1.807) is 22.7 Å². The Bertz CT molecular complexity index is 551. The quantitative estimate of drug-likeness (QED) is 0.605. The van der Waals surface area contributed by atoms with Gasteiger partial charge in [-0.05, 0) is 18.4 Å². The maximum Gasteiger partial charge on any atom is 0.294 e. The largest absolute Gasteiger partial charge is 0.314 e. The highest BCUT2D eigenvalue weighted by Crippen LogP contribution is 2.32. The minimum absolute atomic E-state index is 0.0862. The van der Waals surface area contributed by atoms with Crippen LogP contribution in [0.1, 0.15) is 33.3 Å². The molecule has 2 heterocycles. The highest BCUT2D eigenvalue weighted by atomic mass is 32.1. The molecule has 0 spiro atoms. The second-order valence-electron chi connectivity index (χ2n) is 4.10. The summed E-state index contributed by atoms with van der Waals surface area (Å²) in [6, 6.07) is 4.13. The van der Waals surface area contributed by atoms with Crippen LogP contribution in [0.3, 0.4) is 0 Å². The van der Waals surface area contributed by atoms with Gasteiger partial charge < -0.3 is 4.84 Å². The summed E-state index contributed by atoms with van der Waals surface area (Å²) in [7, 11) is 0.